The molecule has 2 aromatic carbocycles. The van der Waals surface area contributed by atoms with Crippen LogP contribution in [0.5, 0.6) is 5.75 Å². The molecule has 0 unspecified atom stereocenters. The summed E-state index contributed by atoms with van der Waals surface area (Å²) in [5.41, 5.74) is 0.176. The molecule has 0 spiro atoms. The Hall–Kier alpha value is -4.17. The minimum Gasteiger partial charge on any atom is -0.432 e. The normalized spacial score (nSPS) is 17.2. The predicted octanol–water partition coefficient (Wildman–Crippen LogP) is 4.20. The number of likely N-dealkylation sites (tertiary alicyclic amines) is 1. The molecule has 3 aromatic rings. The molecule has 3 amide bonds. The molecule has 0 bridgehead atoms. The summed E-state index contributed by atoms with van der Waals surface area (Å²) in [5.74, 6) is -5.32. The fourth-order valence-electron chi connectivity index (χ4n) is 5.35. The van der Waals surface area contributed by atoms with Crippen molar-refractivity contribution in [1.29, 1.82) is 0 Å². The van der Waals surface area contributed by atoms with E-state index in [1.165, 1.54) is 29.8 Å². The average molecular weight is 637 g/mol. The summed E-state index contributed by atoms with van der Waals surface area (Å²) in [7, 11) is 1.39. The van der Waals surface area contributed by atoms with Gasteiger partial charge in [-0.2, -0.15) is 13.2 Å². The Kier molecular flexibility index (Phi) is 9.39. The van der Waals surface area contributed by atoms with E-state index in [0.717, 1.165) is 37.8 Å². The zero-order valence-corrected chi connectivity index (χ0v) is 24.3. The number of carbonyl (C=O) groups excluding carboxylic acids is 3. The first kappa shape index (κ1) is 31.3. The van der Waals surface area contributed by atoms with Gasteiger partial charge in [-0.25, -0.2) is 9.37 Å². The number of imidazole rings is 1. The first-order valence-electron chi connectivity index (χ1n) is 13.9. The van der Waals surface area contributed by atoms with Crippen molar-refractivity contribution in [2.45, 2.75) is 31.9 Å². The van der Waals surface area contributed by atoms with Crippen LogP contribution in [0.25, 0.3) is 11.3 Å². The van der Waals surface area contributed by atoms with Gasteiger partial charge in [0.1, 0.15) is 0 Å². The zero-order valence-electron chi connectivity index (χ0n) is 23.5. The van der Waals surface area contributed by atoms with Gasteiger partial charge in [-0.15, -0.1) is 0 Å². The first-order chi connectivity index (χ1) is 21.0. The van der Waals surface area contributed by atoms with Crippen molar-refractivity contribution in [1.82, 2.24) is 25.1 Å². The van der Waals surface area contributed by atoms with Gasteiger partial charge in [-0.05, 0) is 56.1 Å². The van der Waals surface area contributed by atoms with E-state index in [1.807, 2.05) is 0 Å². The smallest absolute Gasteiger partial charge is 0.387 e. The van der Waals surface area contributed by atoms with E-state index in [1.54, 1.807) is 4.90 Å². The van der Waals surface area contributed by atoms with E-state index >= 15 is 0 Å². The molecule has 0 aliphatic carbocycles. The minimum absolute atomic E-state index is 0.00548. The van der Waals surface area contributed by atoms with Crippen LogP contribution < -0.4 is 20.7 Å². The number of halogens is 5. The van der Waals surface area contributed by atoms with Crippen LogP contribution in [0.3, 0.4) is 0 Å². The van der Waals surface area contributed by atoms with Gasteiger partial charge in [0.25, 0.3) is 11.8 Å². The molecule has 2 aliphatic heterocycles. The maximum absolute atomic E-state index is 14.6. The number of carbonyl (C=O) groups is 3. The number of nitrogens with one attached hydrogen (secondary N) is 3. The highest BCUT2D eigenvalue weighted by Crippen LogP contribution is 2.31. The van der Waals surface area contributed by atoms with Gasteiger partial charge in [0.05, 0.1) is 22.5 Å². The third kappa shape index (κ3) is 6.65. The van der Waals surface area contributed by atoms with Crippen LogP contribution in [0.1, 0.15) is 40.2 Å². The van der Waals surface area contributed by atoms with Crippen molar-refractivity contribution in [3.63, 3.8) is 0 Å². The SMILES string of the molecule is Cn1c(-c2ccc(OC(F)F)c(F)c2F)cnc1C(=O)Nc1ccc(C(=O)N2CCC(C(=O)N[C@H]3CCNC3)CC2)c(Cl)c1. The fourth-order valence-corrected chi connectivity index (χ4v) is 5.61. The maximum atomic E-state index is 14.6. The topological polar surface area (TPSA) is 118 Å². The van der Waals surface area contributed by atoms with Crippen molar-refractivity contribution < 1.29 is 36.7 Å². The van der Waals surface area contributed by atoms with Gasteiger partial charge < -0.3 is 30.2 Å². The third-order valence-electron chi connectivity index (χ3n) is 7.75. The van der Waals surface area contributed by atoms with Crippen LogP contribution in [0.4, 0.5) is 23.2 Å². The molecule has 15 heteroatoms. The maximum Gasteiger partial charge on any atom is 0.387 e. The molecule has 44 heavy (non-hydrogen) atoms. The van der Waals surface area contributed by atoms with E-state index in [9.17, 15) is 31.9 Å². The van der Waals surface area contributed by atoms with Crippen LogP contribution in [-0.2, 0) is 11.8 Å². The molecule has 3 N–H and O–H groups in total. The number of nitrogens with zero attached hydrogens (tertiary/aromatic N) is 3. The summed E-state index contributed by atoms with van der Waals surface area (Å²) in [5, 5.41) is 8.99. The van der Waals surface area contributed by atoms with E-state index in [2.05, 4.69) is 25.7 Å². The third-order valence-corrected chi connectivity index (χ3v) is 8.06. The fraction of sp³-hybridized carbons (Fsp3) is 0.379. The molecule has 3 heterocycles. The molecular weight excluding hydrogens is 608 g/mol. The van der Waals surface area contributed by atoms with Crippen LogP contribution >= 0.6 is 11.6 Å². The summed E-state index contributed by atoms with van der Waals surface area (Å²) in [6, 6.07) is 6.41. The Labute approximate surface area is 254 Å². The molecule has 0 saturated carbocycles. The van der Waals surface area contributed by atoms with Gasteiger partial charge in [0.2, 0.25) is 11.7 Å². The standard InChI is InChI=1S/C29H29ClF4N6O4/c1-39-21(19-4-5-22(44-29(33)34)24(32)23(19)31)14-36-25(39)27(42)37-16-2-3-18(20(30)12-16)28(43)40-10-7-15(8-11-40)26(41)38-17-6-9-35-13-17/h2-5,12,14-15,17,29,35H,6-11,13H2,1H3,(H,37,42)(H,38,41)/t17-/m0/s1. The van der Waals surface area contributed by atoms with Gasteiger partial charge in [0.15, 0.2) is 17.4 Å². The van der Waals surface area contributed by atoms with Crippen molar-refractivity contribution >= 4 is 35.0 Å². The summed E-state index contributed by atoms with van der Waals surface area (Å²) in [6.07, 6.45) is 3.12. The number of piperidine rings is 1. The number of aromatic nitrogens is 2. The summed E-state index contributed by atoms with van der Waals surface area (Å²) in [4.78, 5) is 44.3. The largest absolute Gasteiger partial charge is 0.432 e. The number of rotatable bonds is 8. The molecule has 0 radical (unpaired) electrons. The number of hydrogen-bond donors (Lipinski definition) is 3. The summed E-state index contributed by atoms with van der Waals surface area (Å²) < 4.78 is 59.0. The Bertz CT molecular complexity index is 1570. The van der Waals surface area contributed by atoms with Gasteiger partial charge in [0, 0.05) is 49.9 Å². The van der Waals surface area contributed by atoms with E-state index in [4.69, 9.17) is 11.6 Å². The predicted molar refractivity (Wildman–Crippen MR) is 153 cm³/mol. The van der Waals surface area contributed by atoms with E-state index in [0.29, 0.717) is 25.9 Å². The Morgan fingerprint density at radius 3 is 2.50 bits per heavy atom. The highest BCUT2D eigenvalue weighted by Gasteiger charge is 2.30. The molecule has 10 nitrogen and oxygen atoms in total. The summed E-state index contributed by atoms with van der Waals surface area (Å²) >= 11 is 6.42. The first-order valence-corrected chi connectivity index (χ1v) is 14.3. The molecule has 234 valence electrons. The van der Waals surface area contributed by atoms with E-state index < -0.39 is 29.9 Å². The Morgan fingerprint density at radius 1 is 1.09 bits per heavy atom. The molecule has 2 saturated heterocycles. The molecule has 2 fully saturated rings. The lowest BCUT2D eigenvalue weighted by molar-refractivity contribution is -0.126. The Morgan fingerprint density at radius 2 is 1.84 bits per heavy atom. The van der Waals surface area contributed by atoms with Crippen molar-refractivity contribution in [3.8, 4) is 17.0 Å². The van der Waals surface area contributed by atoms with Gasteiger partial charge in [-0.1, -0.05) is 11.6 Å². The van der Waals surface area contributed by atoms with Crippen LogP contribution in [0, 0.1) is 17.6 Å². The quantitative estimate of drug-likeness (QED) is 0.319. The lowest BCUT2D eigenvalue weighted by Crippen LogP contribution is -2.45. The number of ether oxygens (including phenoxy) is 1. The lowest BCUT2D eigenvalue weighted by Gasteiger charge is -2.32. The molecule has 1 atom stereocenters. The zero-order chi connectivity index (χ0) is 31.5. The van der Waals surface area contributed by atoms with Gasteiger partial charge in [-0.3, -0.25) is 14.4 Å². The van der Waals surface area contributed by atoms with Crippen LogP contribution in [0.2, 0.25) is 5.02 Å². The van der Waals surface area contributed by atoms with Crippen LogP contribution in [0.15, 0.2) is 36.5 Å². The van der Waals surface area contributed by atoms with Crippen LogP contribution in [-0.4, -0.2) is 71.0 Å². The van der Waals surface area contributed by atoms with Crippen molar-refractivity contribution in [2.75, 3.05) is 31.5 Å². The van der Waals surface area contributed by atoms with Crippen molar-refractivity contribution in [3.05, 3.63) is 64.6 Å². The van der Waals surface area contributed by atoms with E-state index in [-0.39, 0.29) is 57.1 Å². The molecule has 2 aliphatic rings. The number of anilines is 1. The molecule has 1 aromatic heterocycles. The summed E-state index contributed by atoms with van der Waals surface area (Å²) in [6.45, 7) is -0.876. The number of amides is 3. The average Bonchev–Trinajstić information content (AvgIpc) is 3.65. The molecule has 5 rings (SSSR count). The number of benzene rings is 2. The number of hydrogen-bond acceptors (Lipinski definition) is 6. The van der Waals surface area contributed by atoms with Gasteiger partial charge >= 0.3 is 6.61 Å². The second kappa shape index (κ2) is 13.2. The molecular formula is C29H29ClF4N6O4. The highest BCUT2D eigenvalue weighted by atomic mass is 35.5. The number of alkyl halides is 2. The lowest BCUT2D eigenvalue weighted by atomic mass is 9.95. The Balaban J connectivity index is 1.21. The second-order valence-electron chi connectivity index (χ2n) is 10.6. The monoisotopic (exact) mass is 636 g/mol. The minimum atomic E-state index is -3.33. The highest BCUT2D eigenvalue weighted by molar-refractivity contribution is 6.34. The van der Waals surface area contributed by atoms with Crippen molar-refractivity contribution in [2.24, 2.45) is 13.0 Å². The second-order valence-corrected chi connectivity index (χ2v) is 11.0.